The van der Waals surface area contributed by atoms with E-state index in [0.29, 0.717) is 5.92 Å². The van der Waals surface area contributed by atoms with E-state index in [1.807, 2.05) is 0 Å². The molecule has 0 bridgehead atoms. The predicted molar refractivity (Wildman–Crippen MR) is 238 cm³/mol. The van der Waals surface area contributed by atoms with Crippen molar-refractivity contribution in [1.29, 1.82) is 0 Å². The summed E-state index contributed by atoms with van der Waals surface area (Å²) in [4.78, 5) is 4.78. The maximum absolute atomic E-state index is 2.46. The fourth-order valence-electron chi connectivity index (χ4n) is 9.43. The van der Waals surface area contributed by atoms with Crippen LogP contribution in [0.15, 0.2) is 176 Å². The number of rotatable bonds is 9. The summed E-state index contributed by atoms with van der Waals surface area (Å²) in [5.74, 6) is 0.681. The summed E-state index contributed by atoms with van der Waals surface area (Å²) >= 11 is 0. The standard InChI is InChI=1S/C54H52N2/c1-53(2,41-26-32-46(33-27-41)55(43-18-10-6-11-19-43)44-20-12-7-13-21-44)42-28-34-47(35-29-42)56(45-30-24-40(25-31-45)39-16-8-5-9-17-39)48-36-37-50-49-22-14-15-23-51(49)54(3,4)52(50)38-48/h6-7,10-15,18-39H,5,8-9,16-17H2,1-4H3. The number of hydrogen-bond acceptors (Lipinski definition) is 2. The topological polar surface area (TPSA) is 6.48 Å². The van der Waals surface area contributed by atoms with Gasteiger partial charge in [0.1, 0.15) is 0 Å². The summed E-state index contributed by atoms with van der Waals surface area (Å²) in [6, 6.07) is 65.2. The Morgan fingerprint density at radius 1 is 0.429 bits per heavy atom. The molecule has 0 spiro atoms. The lowest BCUT2D eigenvalue weighted by Crippen LogP contribution is -2.20. The molecule has 278 valence electrons. The van der Waals surface area contributed by atoms with Gasteiger partial charge in [-0.2, -0.15) is 0 Å². The van der Waals surface area contributed by atoms with Crippen molar-refractivity contribution in [2.24, 2.45) is 0 Å². The Morgan fingerprint density at radius 2 is 0.857 bits per heavy atom. The van der Waals surface area contributed by atoms with E-state index < -0.39 is 0 Å². The van der Waals surface area contributed by atoms with Gasteiger partial charge >= 0.3 is 0 Å². The maximum atomic E-state index is 2.46. The molecule has 1 saturated carbocycles. The van der Waals surface area contributed by atoms with Crippen LogP contribution in [0.2, 0.25) is 0 Å². The summed E-state index contributed by atoms with van der Waals surface area (Å²) < 4.78 is 0. The van der Waals surface area contributed by atoms with Gasteiger partial charge in [0, 0.05) is 45.0 Å². The van der Waals surface area contributed by atoms with E-state index in [1.54, 1.807) is 0 Å². The molecule has 0 aliphatic heterocycles. The summed E-state index contributed by atoms with van der Waals surface area (Å²) in [5, 5.41) is 0. The van der Waals surface area contributed by atoms with Crippen molar-refractivity contribution in [1.82, 2.24) is 0 Å². The lowest BCUT2D eigenvalue weighted by atomic mass is 9.78. The zero-order valence-electron chi connectivity index (χ0n) is 33.3. The van der Waals surface area contributed by atoms with Crippen molar-refractivity contribution in [2.45, 2.75) is 76.5 Å². The minimum absolute atomic E-state index is 0.0684. The van der Waals surface area contributed by atoms with Crippen LogP contribution in [-0.2, 0) is 10.8 Å². The number of para-hydroxylation sites is 2. The Bertz CT molecular complexity index is 2380. The van der Waals surface area contributed by atoms with Gasteiger partial charge in [0.05, 0.1) is 0 Å². The SMILES string of the molecule is CC(C)(c1ccc(N(c2ccccc2)c2ccccc2)cc1)c1ccc(N(c2ccc(C3CCCCC3)cc2)c2ccc3c(c2)C(C)(C)c2ccccc2-3)cc1. The Balaban J connectivity index is 1.05. The first-order valence-corrected chi connectivity index (χ1v) is 20.5. The third-order valence-electron chi connectivity index (χ3n) is 12.8. The second-order valence-corrected chi connectivity index (χ2v) is 16.9. The van der Waals surface area contributed by atoms with Gasteiger partial charge in [-0.05, 0) is 131 Å². The highest BCUT2D eigenvalue weighted by atomic mass is 15.1. The molecule has 0 heterocycles. The lowest BCUT2D eigenvalue weighted by Gasteiger charge is -2.31. The highest BCUT2D eigenvalue weighted by Gasteiger charge is 2.36. The molecular formula is C54H52N2. The lowest BCUT2D eigenvalue weighted by molar-refractivity contribution is 0.443. The highest BCUT2D eigenvalue weighted by Crippen LogP contribution is 2.51. The van der Waals surface area contributed by atoms with Crippen molar-refractivity contribution in [3.8, 4) is 11.1 Å². The van der Waals surface area contributed by atoms with Crippen molar-refractivity contribution >= 4 is 34.1 Å². The van der Waals surface area contributed by atoms with Crippen molar-refractivity contribution < 1.29 is 0 Å². The third kappa shape index (κ3) is 6.52. The van der Waals surface area contributed by atoms with Gasteiger partial charge in [-0.3, -0.25) is 0 Å². The zero-order valence-corrected chi connectivity index (χ0v) is 33.3. The molecule has 0 atom stereocenters. The summed E-state index contributed by atoms with van der Waals surface area (Å²) in [5.41, 5.74) is 16.3. The molecule has 2 nitrogen and oxygen atoms in total. The third-order valence-corrected chi connectivity index (χ3v) is 12.8. The average molecular weight is 729 g/mol. The fourth-order valence-corrected chi connectivity index (χ4v) is 9.43. The van der Waals surface area contributed by atoms with Gasteiger partial charge in [-0.15, -0.1) is 0 Å². The van der Waals surface area contributed by atoms with Gasteiger partial charge < -0.3 is 9.80 Å². The highest BCUT2D eigenvalue weighted by molar-refractivity contribution is 5.85. The smallest absolute Gasteiger partial charge is 0.0465 e. The number of hydrogen-bond donors (Lipinski definition) is 0. The minimum atomic E-state index is -0.197. The molecule has 0 saturated heterocycles. The molecule has 0 aromatic heterocycles. The van der Waals surface area contributed by atoms with E-state index in [-0.39, 0.29) is 10.8 Å². The largest absolute Gasteiger partial charge is 0.311 e. The van der Waals surface area contributed by atoms with Crippen molar-refractivity contribution in [3.05, 3.63) is 204 Å². The second-order valence-electron chi connectivity index (χ2n) is 16.9. The number of nitrogens with zero attached hydrogens (tertiary/aromatic N) is 2. The molecule has 56 heavy (non-hydrogen) atoms. The summed E-state index contributed by atoms with van der Waals surface area (Å²) in [6.07, 6.45) is 6.68. The van der Waals surface area contributed by atoms with E-state index in [0.717, 1.165) is 17.1 Å². The first-order valence-electron chi connectivity index (χ1n) is 20.5. The van der Waals surface area contributed by atoms with Gasteiger partial charge in [0.2, 0.25) is 0 Å². The Morgan fingerprint density at radius 3 is 1.41 bits per heavy atom. The molecular weight excluding hydrogens is 677 g/mol. The number of fused-ring (bicyclic) bond motifs is 3. The van der Waals surface area contributed by atoms with E-state index in [2.05, 4.69) is 213 Å². The van der Waals surface area contributed by atoms with E-state index >= 15 is 0 Å². The molecule has 7 aromatic carbocycles. The Hall–Kier alpha value is -5.86. The van der Waals surface area contributed by atoms with E-state index in [4.69, 9.17) is 0 Å². The fraction of sp³-hybridized carbons (Fsp3) is 0.222. The number of anilines is 6. The molecule has 2 heteroatoms. The molecule has 0 unspecified atom stereocenters. The van der Waals surface area contributed by atoms with Gasteiger partial charge in [0.15, 0.2) is 0 Å². The predicted octanol–water partition coefficient (Wildman–Crippen LogP) is 15.3. The van der Waals surface area contributed by atoms with Crippen LogP contribution in [0.5, 0.6) is 0 Å². The Kier molecular flexibility index (Phi) is 9.38. The first kappa shape index (κ1) is 35.8. The van der Waals surface area contributed by atoms with Crippen LogP contribution < -0.4 is 9.80 Å². The van der Waals surface area contributed by atoms with Crippen LogP contribution in [0.25, 0.3) is 11.1 Å². The summed E-state index contributed by atoms with van der Waals surface area (Å²) in [6.45, 7) is 9.42. The van der Waals surface area contributed by atoms with E-state index in [9.17, 15) is 0 Å². The van der Waals surface area contributed by atoms with Crippen LogP contribution in [-0.4, -0.2) is 0 Å². The molecule has 9 rings (SSSR count). The molecule has 7 aromatic rings. The van der Waals surface area contributed by atoms with Gasteiger partial charge in [-0.1, -0.05) is 150 Å². The zero-order chi connectivity index (χ0) is 38.3. The van der Waals surface area contributed by atoms with Crippen molar-refractivity contribution in [2.75, 3.05) is 9.80 Å². The number of benzene rings is 7. The van der Waals surface area contributed by atoms with Crippen LogP contribution in [0.4, 0.5) is 34.1 Å². The normalized spacial score (nSPS) is 14.9. The molecule has 2 aliphatic carbocycles. The average Bonchev–Trinajstić information content (AvgIpc) is 3.48. The van der Waals surface area contributed by atoms with Crippen LogP contribution in [0.1, 0.15) is 93.5 Å². The van der Waals surface area contributed by atoms with E-state index in [1.165, 1.54) is 88.1 Å². The summed E-state index contributed by atoms with van der Waals surface area (Å²) in [7, 11) is 0. The molecule has 0 amide bonds. The molecule has 0 radical (unpaired) electrons. The minimum Gasteiger partial charge on any atom is -0.311 e. The van der Waals surface area contributed by atoms with Crippen LogP contribution in [0.3, 0.4) is 0 Å². The van der Waals surface area contributed by atoms with Crippen LogP contribution >= 0.6 is 0 Å². The quantitative estimate of drug-likeness (QED) is 0.146. The molecule has 1 fully saturated rings. The van der Waals surface area contributed by atoms with Crippen molar-refractivity contribution in [3.63, 3.8) is 0 Å². The van der Waals surface area contributed by atoms with Gasteiger partial charge in [0.25, 0.3) is 0 Å². The second kappa shape index (κ2) is 14.7. The van der Waals surface area contributed by atoms with Gasteiger partial charge in [-0.25, -0.2) is 0 Å². The monoisotopic (exact) mass is 728 g/mol. The Labute approximate surface area is 334 Å². The molecule has 2 aliphatic rings. The van der Waals surface area contributed by atoms with Crippen LogP contribution in [0, 0.1) is 0 Å². The maximum Gasteiger partial charge on any atom is 0.0465 e. The molecule has 0 N–H and O–H groups in total. The first-order chi connectivity index (χ1) is 27.3.